The number of hydrogen-bond donors (Lipinski definition) is 2. The molecule has 3 N–H and O–H groups in total. The molecule has 1 aromatic carbocycles. The SMILES string of the molecule is Cc1cccc(NC(=O)N2CCN(Cc3cnc(N)s3)CC2)c1. The summed E-state index contributed by atoms with van der Waals surface area (Å²) in [5.74, 6) is 0. The minimum absolute atomic E-state index is 0.0303. The lowest BCUT2D eigenvalue weighted by Gasteiger charge is -2.34. The van der Waals surface area contributed by atoms with Crippen LogP contribution in [0.1, 0.15) is 10.4 Å². The maximum atomic E-state index is 12.3. The molecule has 0 bridgehead atoms. The molecule has 0 atom stereocenters. The molecule has 0 unspecified atom stereocenters. The number of benzene rings is 1. The number of nitrogen functional groups attached to an aromatic ring is 1. The lowest BCUT2D eigenvalue weighted by atomic mass is 10.2. The summed E-state index contributed by atoms with van der Waals surface area (Å²) in [4.78, 5) is 21.7. The summed E-state index contributed by atoms with van der Waals surface area (Å²) in [6.07, 6.45) is 1.83. The third-order valence-corrected chi connectivity index (χ3v) is 4.69. The molecule has 7 heteroatoms. The summed E-state index contributed by atoms with van der Waals surface area (Å²) in [7, 11) is 0. The number of piperazine rings is 1. The Hall–Kier alpha value is -2.12. The lowest BCUT2D eigenvalue weighted by molar-refractivity contribution is 0.143. The molecule has 23 heavy (non-hydrogen) atoms. The van der Waals surface area contributed by atoms with Crippen molar-refractivity contribution >= 4 is 28.2 Å². The second-order valence-corrected chi connectivity index (χ2v) is 6.87. The molecule has 122 valence electrons. The first-order chi connectivity index (χ1) is 11.1. The van der Waals surface area contributed by atoms with Gasteiger partial charge in [0, 0.05) is 49.5 Å². The first-order valence-corrected chi connectivity index (χ1v) is 8.47. The highest BCUT2D eigenvalue weighted by Crippen LogP contribution is 2.18. The van der Waals surface area contributed by atoms with Gasteiger partial charge in [-0.3, -0.25) is 4.90 Å². The quantitative estimate of drug-likeness (QED) is 0.905. The normalized spacial score (nSPS) is 15.6. The van der Waals surface area contributed by atoms with Crippen molar-refractivity contribution in [2.45, 2.75) is 13.5 Å². The average molecular weight is 331 g/mol. The molecule has 1 fully saturated rings. The van der Waals surface area contributed by atoms with E-state index in [2.05, 4.69) is 15.2 Å². The predicted molar refractivity (Wildman–Crippen MR) is 93.6 cm³/mol. The number of thiazole rings is 1. The molecule has 0 spiro atoms. The summed E-state index contributed by atoms with van der Waals surface area (Å²) in [5.41, 5.74) is 7.64. The van der Waals surface area contributed by atoms with E-state index >= 15 is 0 Å². The topological polar surface area (TPSA) is 74.5 Å². The van der Waals surface area contributed by atoms with Crippen molar-refractivity contribution in [2.24, 2.45) is 0 Å². The number of carbonyl (C=O) groups excluding carboxylic acids is 1. The molecule has 1 aromatic heterocycles. The van der Waals surface area contributed by atoms with Gasteiger partial charge in [0.1, 0.15) is 0 Å². The van der Waals surface area contributed by atoms with Crippen LogP contribution in [0, 0.1) is 6.92 Å². The highest BCUT2D eigenvalue weighted by Gasteiger charge is 2.21. The Balaban J connectivity index is 1.49. The van der Waals surface area contributed by atoms with E-state index in [4.69, 9.17) is 5.73 Å². The van der Waals surface area contributed by atoms with Crippen molar-refractivity contribution in [3.63, 3.8) is 0 Å². The smallest absolute Gasteiger partial charge is 0.321 e. The summed E-state index contributed by atoms with van der Waals surface area (Å²) in [6, 6.07) is 7.82. The van der Waals surface area contributed by atoms with Crippen LogP contribution in [0.4, 0.5) is 15.6 Å². The molecule has 1 saturated heterocycles. The number of nitrogens with two attached hydrogens (primary N) is 1. The number of hydrogen-bond acceptors (Lipinski definition) is 5. The summed E-state index contributed by atoms with van der Waals surface area (Å²) < 4.78 is 0. The van der Waals surface area contributed by atoms with Gasteiger partial charge in [-0.25, -0.2) is 9.78 Å². The molecular formula is C16H21N5OS. The van der Waals surface area contributed by atoms with Crippen LogP contribution < -0.4 is 11.1 Å². The number of amides is 2. The van der Waals surface area contributed by atoms with Crippen molar-refractivity contribution in [2.75, 3.05) is 37.2 Å². The third-order valence-electron chi connectivity index (χ3n) is 3.88. The van der Waals surface area contributed by atoms with E-state index in [0.717, 1.165) is 44.0 Å². The van der Waals surface area contributed by atoms with Gasteiger partial charge in [0.15, 0.2) is 5.13 Å². The van der Waals surface area contributed by atoms with Gasteiger partial charge in [-0.15, -0.1) is 11.3 Å². The zero-order valence-corrected chi connectivity index (χ0v) is 14.0. The Morgan fingerprint density at radius 2 is 2.13 bits per heavy atom. The minimum atomic E-state index is -0.0303. The van der Waals surface area contributed by atoms with Crippen LogP contribution in [0.5, 0.6) is 0 Å². The highest BCUT2D eigenvalue weighted by molar-refractivity contribution is 7.15. The fourth-order valence-corrected chi connectivity index (χ4v) is 3.38. The molecule has 2 aromatic rings. The van der Waals surface area contributed by atoms with E-state index in [0.29, 0.717) is 5.13 Å². The van der Waals surface area contributed by atoms with Crippen molar-refractivity contribution in [1.82, 2.24) is 14.8 Å². The van der Waals surface area contributed by atoms with Gasteiger partial charge in [-0.05, 0) is 24.6 Å². The largest absolute Gasteiger partial charge is 0.375 e. The molecule has 6 nitrogen and oxygen atoms in total. The van der Waals surface area contributed by atoms with Gasteiger partial charge in [0.25, 0.3) is 0 Å². The van der Waals surface area contributed by atoms with Crippen LogP contribution in [0.15, 0.2) is 30.5 Å². The monoisotopic (exact) mass is 331 g/mol. The van der Waals surface area contributed by atoms with Crippen molar-refractivity contribution < 1.29 is 4.79 Å². The van der Waals surface area contributed by atoms with Crippen LogP contribution >= 0.6 is 11.3 Å². The molecule has 1 aliphatic rings. The number of aromatic nitrogens is 1. The maximum absolute atomic E-state index is 12.3. The first-order valence-electron chi connectivity index (χ1n) is 7.65. The molecule has 2 heterocycles. The standard InChI is InChI=1S/C16H21N5OS/c1-12-3-2-4-13(9-12)19-16(22)21-7-5-20(6-8-21)11-14-10-18-15(17)23-14/h2-4,9-10H,5-8,11H2,1H3,(H2,17,18)(H,19,22). The molecule has 1 aliphatic heterocycles. The summed E-state index contributed by atoms with van der Waals surface area (Å²) >= 11 is 1.52. The van der Waals surface area contributed by atoms with Crippen LogP contribution in [-0.2, 0) is 6.54 Å². The molecule has 0 aliphatic carbocycles. The van der Waals surface area contributed by atoms with Crippen molar-refractivity contribution in [3.8, 4) is 0 Å². The Morgan fingerprint density at radius 3 is 2.78 bits per heavy atom. The van der Waals surface area contributed by atoms with Crippen LogP contribution in [0.2, 0.25) is 0 Å². The number of urea groups is 1. The van der Waals surface area contributed by atoms with Gasteiger partial charge in [0.05, 0.1) is 0 Å². The van der Waals surface area contributed by atoms with Crippen LogP contribution in [0.3, 0.4) is 0 Å². The minimum Gasteiger partial charge on any atom is -0.375 e. The van der Waals surface area contributed by atoms with E-state index in [1.165, 1.54) is 16.2 Å². The molecule has 3 rings (SSSR count). The highest BCUT2D eigenvalue weighted by atomic mass is 32.1. The van der Waals surface area contributed by atoms with E-state index < -0.39 is 0 Å². The number of nitrogens with one attached hydrogen (secondary N) is 1. The van der Waals surface area contributed by atoms with Gasteiger partial charge in [-0.2, -0.15) is 0 Å². The van der Waals surface area contributed by atoms with Crippen molar-refractivity contribution in [1.29, 1.82) is 0 Å². The summed E-state index contributed by atoms with van der Waals surface area (Å²) in [6.45, 7) is 6.04. The van der Waals surface area contributed by atoms with Gasteiger partial charge in [-0.1, -0.05) is 12.1 Å². The van der Waals surface area contributed by atoms with Crippen molar-refractivity contribution in [3.05, 3.63) is 40.9 Å². The fourth-order valence-electron chi connectivity index (χ4n) is 2.65. The molecular weight excluding hydrogens is 310 g/mol. The van der Waals surface area contributed by atoms with E-state index in [1.54, 1.807) is 0 Å². The number of nitrogens with zero attached hydrogens (tertiary/aromatic N) is 3. The van der Waals surface area contributed by atoms with Gasteiger partial charge in [0.2, 0.25) is 0 Å². The van der Waals surface area contributed by atoms with Gasteiger partial charge < -0.3 is 16.0 Å². The second kappa shape index (κ2) is 6.97. The Kier molecular flexibility index (Phi) is 4.78. The number of aryl methyl sites for hydroxylation is 1. The van der Waals surface area contributed by atoms with E-state index in [9.17, 15) is 4.79 Å². The average Bonchev–Trinajstić information content (AvgIpc) is 2.93. The first kappa shape index (κ1) is 15.8. The summed E-state index contributed by atoms with van der Waals surface area (Å²) in [5, 5.41) is 3.57. The fraction of sp³-hybridized carbons (Fsp3) is 0.375. The maximum Gasteiger partial charge on any atom is 0.321 e. The third kappa shape index (κ3) is 4.20. The zero-order chi connectivity index (χ0) is 16.2. The predicted octanol–water partition coefficient (Wildman–Crippen LogP) is 2.38. The van der Waals surface area contributed by atoms with Crippen LogP contribution in [0.25, 0.3) is 0 Å². The Morgan fingerprint density at radius 1 is 1.35 bits per heavy atom. The number of carbonyl (C=O) groups is 1. The Bertz CT molecular complexity index is 679. The molecule has 0 radical (unpaired) electrons. The molecule has 0 saturated carbocycles. The lowest BCUT2D eigenvalue weighted by Crippen LogP contribution is -2.49. The number of anilines is 2. The van der Waals surface area contributed by atoms with E-state index in [1.807, 2.05) is 42.3 Å². The zero-order valence-electron chi connectivity index (χ0n) is 13.2. The van der Waals surface area contributed by atoms with Crippen LogP contribution in [-0.4, -0.2) is 47.0 Å². The number of rotatable bonds is 3. The Labute approximate surface area is 139 Å². The molecule has 2 amide bonds. The van der Waals surface area contributed by atoms with E-state index in [-0.39, 0.29) is 6.03 Å². The second-order valence-electron chi connectivity index (χ2n) is 5.73. The van der Waals surface area contributed by atoms with Gasteiger partial charge >= 0.3 is 6.03 Å².